The van der Waals surface area contributed by atoms with E-state index in [1.165, 1.54) is 23.7 Å². The van der Waals surface area contributed by atoms with Crippen LogP contribution in [0, 0.1) is 0 Å². The van der Waals surface area contributed by atoms with Gasteiger partial charge in [0.25, 0.3) is 5.91 Å². The maximum atomic E-state index is 13.0. The number of pyridine rings is 1. The number of aromatic nitrogens is 2. The van der Waals surface area contributed by atoms with Gasteiger partial charge in [-0.25, -0.2) is 4.98 Å². The minimum atomic E-state index is -1.57. The lowest BCUT2D eigenvalue weighted by atomic mass is 10.2. The highest BCUT2D eigenvalue weighted by Crippen LogP contribution is 2.32. The number of aliphatic hydroxyl groups is 2. The fourth-order valence-corrected chi connectivity index (χ4v) is 5.18. The summed E-state index contributed by atoms with van der Waals surface area (Å²) >= 11 is 2.72. The van der Waals surface area contributed by atoms with Crippen LogP contribution in [0.15, 0.2) is 78.0 Å². The van der Waals surface area contributed by atoms with E-state index in [0.717, 1.165) is 27.2 Å². The highest BCUT2D eigenvalue weighted by atomic mass is 32.2. The molecule has 216 valence electrons. The SMILES string of the molecule is COCCOc1cc(NSc2ccccn2)c2[nH]c(C(=O)NCC(SCc3ccccc3)C(O)O)cc2c1.O.O. The second-order valence-electron chi connectivity index (χ2n) is 8.29. The third-order valence-electron chi connectivity index (χ3n) is 5.51. The quantitative estimate of drug-likeness (QED) is 0.0833. The zero-order valence-electron chi connectivity index (χ0n) is 21.8. The van der Waals surface area contributed by atoms with Crippen LogP contribution in [-0.2, 0) is 10.5 Å². The third-order valence-corrected chi connectivity index (χ3v) is 7.62. The van der Waals surface area contributed by atoms with Gasteiger partial charge in [-0.3, -0.25) is 4.79 Å². The number of aromatic amines is 1. The lowest BCUT2D eigenvalue weighted by Crippen LogP contribution is -2.37. The van der Waals surface area contributed by atoms with E-state index in [0.29, 0.717) is 30.4 Å². The number of anilines is 1. The van der Waals surface area contributed by atoms with Crippen LogP contribution in [0.4, 0.5) is 5.69 Å². The van der Waals surface area contributed by atoms with Gasteiger partial charge in [-0.05, 0) is 29.8 Å². The molecule has 0 saturated carbocycles. The lowest BCUT2D eigenvalue weighted by molar-refractivity contribution is -0.0391. The summed E-state index contributed by atoms with van der Waals surface area (Å²) in [7, 11) is 1.61. The molecule has 0 aliphatic heterocycles. The van der Waals surface area contributed by atoms with Crippen LogP contribution in [0.3, 0.4) is 0 Å². The van der Waals surface area contributed by atoms with E-state index in [4.69, 9.17) is 9.47 Å². The number of rotatable bonds is 14. The Balaban J connectivity index is 0.00000280. The standard InChI is InChI=1S/C27H30N4O5S2.2H2O/c1-35-11-12-36-20-13-19-14-22(30-25(19)21(15-20)31-38-24-9-5-6-10-28-24)26(32)29-16-23(27(33)34)37-17-18-7-3-2-4-8-18;;/h2-10,13-15,23,27,30-31,33-34H,11-12,16-17H2,1H3,(H,29,32);2*1H2. The van der Waals surface area contributed by atoms with Crippen molar-refractivity contribution in [1.82, 2.24) is 15.3 Å². The van der Waals surface area contributed by atoms with Gasteiger partial charge in [-0.15, -0.1) is 11.8 Å². The predicted octanol–water partition coefficient (Wildman–Crippen LogP) is 2.40. The van der Waals surface area contributed by atoms with Crippen LogP contribution >= 0.6 is 23.7 Å². The molecular formula is C27H34N4O7S2. The monoisotopic (exact) mass is 590 g/mol. The van der Waals surface area contributed by atoms with Crippen molar-refractivity contribution in [2.45, 2.75) is 22.3 Å². The molecule has 2 aromatic heterocycles. The van der Waals surface area contributed by atoms with Crippen LogP contribution < -0.4 is 14.8 Å². The normalized spacial score (nSPS) is 11.4. The summed E-state index contributed by atoms with van der Waals surface area (Å²) in [6.45, 7) is 0.929. The zero-order chi connectivity index (χ0) is 26.7. The molecule has 0 aliphatic rings. The average Bonchev–Trinajstić information content (AvgIpc) is 3.37. The fraction of sp³-hybridized carbons (Fsp3) is 0.259. The molecule has 0 fully saturated rings. The summed E-state index contributed by atoms with van der Waals surface area (Å²) in [5.41, 5.74) is 2.87. The molecule has 4 rings (SSSR count). The van der Waals surface area contributed by atoms with E-state index in [-0.39, 0.29) is 23.4 Å². The lowest BCUT2D eigenvalue weighted by Gasteiger charge is -2.19. The molecule has 4 aromatic rings. The van der Waals surface area contributed by atoms with Crippen LogP contribution in [0.5, 0.6) is 5.75 Å². The zero-order valence-corrected chi connectivity index (χ0v) is 23.4. The Kier molecular flexibility index (Phi) is 13.8. The predicted molar refractivity (Wildman–Crippen MR) is 159 cm³/mol. The minimum Gasteiger partial charge on any atom is -0.491 e. The van der Waals surface area contributed by atoms with Crippen molar-refractivity contribution in [3.8, 4) is 5.75 Å². The summed E-state index contributed by atoms with van der Waals surface area (Å²) in [6, 6.07) is 20.8. The largest absolute Gasteiger partial charge is 0.491 e. The Bertz CT molecular complexity index is 1310. The molecule has 2 heterocycles. The number of hydrogen-bond acceptors (Lipinski definition) is 9. The molecule has 2 aromatic carbocycles. The Hall–Kier alpha value is -3.30. The van der Waals surface area contributed by atoms with Crippen molar-refractivity contribution in [3.05, 3.63) is 84.2 Å². The second-order valence-corrected chi connectivity index (χ2v) is 10.3. The first kappa shape index (κ1) is 32.9. The van der Waals surface area contributed by atoms with Crippen LogP contribution in [0.25, 0.3) is 10.9 Å². The molecule has 1 unspecified atom stereocenters. The fourth-order valence-electron chi connectivity index (χ4n) is 3.58. The Morgan fingerprint density at radius 2 is 1.82 bits per heavy atom. The highest BCUT2D eigenvalue weighted by Gasteiger charge is 2.20. The number of ether oxygens (including phenoxy) is 2. The molecular weight excluding hydrogens is 556 g/mol. The average molecular weight is 591 g/mol. The smallest absolute Gasteiger partial charge is 0.267 e. The van der Waals surface area contributed by atoms with Gasteiger partial charge in [0.1, 0.15) is 23.1 Å². The number of fused-ring (bicyclic) bond motifs is 1. The summed E-state index contributed by atoms with van der Waals surface area (Å²) in [4.78, 5) is 20.5. The highest BCUT2D eigenvalue weighted by molar-refractivity contribution is 8.00. The van der Waals surface area contributed by atoms with Crippen LogP contribution in [0.2, 0.25) is 0 Å². The van der Waals surface area contributed by atoms with Gasteiger partial charge in [0.05, 0.1) is 23.1 Å². The van der Waals surface area contributed by atoms with Gasteiger partial charge in [-0.2, -0.15) is 0 Å². The van der Waals surface area contributed by atoms with Gasteiger partial charge in [-0.1, -0.05) is 36.4 Å². The number of methoxy groups -OCH3 is 1. The Labute approximate surface area is 240 Å². The van der Waals surface area contributed by atoms with Crippen molar-refractivity contribution in [3.63, 3.8) is 0 Å². The number of amides is 1. The molecule has 0 saturated heterocycles. The summed E-state index contributed by atoms with van der Waals surface area (Å²) in [5, 5.41) is 23.5. The molecule has 9 N–H and O–H groups in total. The number of benzene rings is 2. The number of nitrogens with zero attached hydrogens (tertiary/aromatic N) is 1. The third kappa shape index (κ3) is 9.41. The van der Waals surface area contributed by atoms with Gasteiger partial charge in [0, 0.05) is 49.0 Å². The van der Waals surface area contributed by atoms with E-state index in [1.54, 1.807) is 19.4 Å². The van der Waals surface area contributed by atoms with Crippen molar-refractivity contribution >= 4 is 46.2 Å². The van der Waals surface area contributed by atoms with E-state index in [1.807, 2.05) is 60.7 Å². The first-order chi connectivity index (χ1) is 18.5. The molecule has 1 atom stereocenters. The van der Waals surface area contributed by atoms with Crippen LogP contribution in [0.1, 0.15) is 16.1 Å². The van der Waals surface area contributed by atoms with Gasteiger partial charge >= 0.3 is 0 Å². The van der Waals surface area contributed by atoms with E-state index >= 15 is 0 Å². The van der Waals surface area contributed by atoms with E-state index < -0.39 is 11.5 Å². The maximum absolute atomic E-state index is 13.0. The van der Waals surface area contributed by atoms with Gasteiger partial charge < -0.3 is 45.7 Å². The van der Waals surface area contributed by atoms with E-state index in [2.05, 4.69) is 20.0 Å². The van der Waals surface area contributed by atoms with Crippen LogP contribution in [-0.4, -0.2) is 75.4 Å². The van der Waals surface area contributed by atoms with Crippen molar-refractivity contribution < 1.29 is 35.4 Å². The molecule has 0 spiro atoms. The molecule has 40 heavy (non-hydrogen) atoms. The molecule has 11 nitrogen and oxygen atoms in total. The molecule has 0 bridgehead atoms. The molecule has 1 amide bonds. The number of H-pyrrole nitrogens is 1. The van der Waals surface area contributed by atoms with E-state index in [9.17, 15) is 15.0 Å². The number of hydrogen-bond donors (Lipinski definition) is 5. The topological polar surface area (TPSA) is 192 Å². The number of carbonyl (C=O) groups is 1. The second kappa shape index (κ2) is 16.7. The number of nitrogens with one attached hydrogen (secondary N) is 3. The molecule has 0 aliphatic carbocycles. The van der Waals surface area contributed by atoms with Crippen molar-refractivity contribution in [2.24, 2.45) is 0 Å². The summed E-state index contributed by atoms with van der Waals surface area (Å²) < 4.78 is 14.2. The number of aliphatic hydroxyl groups excluding tert-OH is 1. The summed E-state index contributed by atoms with van der Waals surface area (Å²) in [6.07, 6.45) is 0.147. The van der Waals surface area contributed by atoms with Gasteiger partial charge in [0.2, 0.25) is 0 Å². The molecule has 0 radical (unpaired) electrons. The van der Waals surface area contributed by atoms with Gasteiger partial charge in [0.15, 0.2) is 6.29 Å². The number of thioether (sulfide) groups is 1. The van der Waals surface area contributed by atoms with Crippen molar-refractivity contribution in [1.29, 1.82) is 0 Å². The molecule has 13 heteroatoms. The Morgan fingerprint density at radius 1 is 1.05 bits per heavy atom. The first-order valence-electron chi connectivity index (χ1n) is 12.0. The number of carbonyl (C=O) groups excluding carboxylic acids is 1. The van der Waals surface area contributed by atoms with Crippen molar-refractivity contribution in [2.75, 3.05) is 31.6 Å². The Morgan fingerprint density at radius 3 is 2.52 bits per heavy atom. The minimum absolute atomic E-state index is 0. The summed E-state index contributed by atoms with van der Waals surface area (Å²) in [5.74, 6) is 0.878. The maximum Gasteiger partial charge on any atom is 0.267 e. The first-order valence-corrected chi connectivity index (χ1v) is 13.8.